The van der Waals surface area contributed by atoms with Crippen LogP contribution in [-0.4, -0.2) is 41.4 Å². The summed E-state index contributed by atoms with van der Waals surface area (Å²) in [5.41, 5.74) is 1.44. The van der Waals surface area contributed by atoms with E-state index in [-0.39, 0.29) is 6.61 Å². The highest BCUT2D eigenvalue weighted by Crippen LogP contribution is 2.39. The second-order valence-electron chi connectivity index (χ2n) is 5.52. The molecular formula is C15H21N3O2S. The quantitative estimate of drug-likeness (QED) is 0.801. The van der Waals surface area contributed by atoms with Gasteiger partial charge in [0, 0.05) is 11.4 Å². The molecule has 1 aliphatic carbocycles. The molecule has 3 rings (SSSR count). The van der Waals surface area contributed by atoms with Crippen molar-refractivity contribution in [2.24, 2.45) is 5.92 Å². The molecule has 114 valence electrons. The average molecular weight is 307 g/mol. The number of hydrogen-bond donors (Lipinski definition) is 2. The van der Waals surface area contributed by atoms with Crippen LogP contribution >= 0.6 is 11.3 Å². The van der Waals surface area contributed by atoms with Gasteiger partial charge in [0.1, 0.15) is 17.0 Å². The fourth-order valence-corrected chi connectivity index (χ4v) is 4.17. The Bertz CT molecular complexity index is 614. The Morgan fingerprint density at radius 3 is 3.19 bits per heavy atom. The number of aliphatic hydroxyl groups excluding tert-OH is 1. The molecule has 21 heavy (non-hydrogen) atoms. The van der Waals surface area contributed by atoms with Crippen molar-refractivity contribution >= 4 is 27.4 Å². The number of rotatable bonds is 6. The second-order valence-corrected chi connectivity index (χ2v) is 6.60. The number of anilines is 1. The predicted molar refractivity (Wildman–Crippen MR) is 85.0 cm³/mol. The van der Waals surface area contributed by atoms with Crippen molar-refractivity contribution in [3.63, 3.8) is 0 Å². The predicted octanol–water partition coefficient (Wildman–Crippen LogP) is 2.24. The molecule has 0 aliphatic heterocycles. The van der Waals surface area contributed by atoms with Crippen LogP contribution in [0.1, 0.15) is 23.8 Å². The van der Waals surface area contributed by atoms with E-state index in [1.165, 1.54) is 22.2 Å². The zero-order valence-electron chi connectivity index (χ0n) is 12.3. The van der Waals surface area contributed by atoms with E-state index in [2.05, 4.69) is 22.2 Å². The van der Waals surface area contributed by atoms with Gasteiger partial charge in [-0.2, -0.15) is 0 Å². The average Bonchev–Trinajstić information content (AvgIpc) is 2.85. The van der Waals surface area contributed by atoms with Gasteiger partial charge in [0.05, 0.1) is 25.2 Å². The SMILES string of the molecule is C[C@H]1CCc2c(sc3ncnc(NCCOCCO)c23)C1. The molecular weight excluding hydrogens is 286 g/mol. The van der Waals surface area contributed by atoms with Crippen molar-refractivity contribution in [3.8, 4) is 0 Å². The molecule has 0 saturated heterocycles. The summed E-state index contributed by atoms with van der Waals surface area (Å²) in [6.45, 7) is 4.01. The van der Waals surface area contributed by atoms with E-state index < -0.39 is 0 Å². The molecule has 2 aromatic heterocycles. The molecule has 0 fully saturated rings. The van der Waals surface area contributed by atoms with Crippen LogP contribution in [0.4, 0.5) is 5.82 Å². The van der Waals surface area contributed by atoms with Crippen molar-refractivity contribution in [2.75, 3.05) is 31.7 Å². The summed E-state index contributed by atoms with van der Waals surface area (Å²) >= 11 is 1.81. The zero-order valence-corrected chi connectivity index (χ0v) is 13.1. The third kappa shape index (κ3) is 3.17. The van der Waals surface area contributed by atoms with Gasteiger partial charge in [0.2, 0.25) is 0 Å². The Morgan fingerprint density at radius 2 is 2.33 bits per heavy atom. The fourth-order valence-electron chi connectivity index (χ4n) is 2.82. The normalized spacial score (nSPS) is 17.9. The number of fused-ring (bicyclic) bond motifs is 3. The van der Waals surface area contributed by atoms with Crippen molar-refractivity contribution < 1.29 is 9.84 Å². The number of thiophene rings is 1. The standard InChI is InChI=1S/C15H21N3O2S/c1-10-2-3-11-12(8-10)21-15-13(11)14(17-9-18-15)16-4-6-20-7-5-19/h9-10,19H,2-8H2,1H3,(H,16,17,18)/t10-/m0/s1. The number of aryl methyl sites for hydroxylation is 1. The lowest BCUT2D eigenvalue weighted by molar-refractivity contribution is 0.0992. The van der Waals surface area contributed by atoms with E-state index in [1.54, 1.807) is 6.33 Å². The van der Waals surface area contributed by atoms with Crippen LogP contribution in [0, 0.1) is 5.92 Å². The number of ether oxygens (including phenoxy) is 1. The van der Waals surface area contributed by atoms with E-state index in [9.17, 15) is 0 Å². The van der Waals surface area contributed by atoms with Gasteiger partial charge in [0.25, 0.3) is 0 Å². The smallest absolute Gasteiger partial charge is 0.138 e. The van der Waals surface area contributed by atoms with Crippen LogP contribution < -0.4 is 5.32 Å². The van der Waals surface area contributed by atoms with E-state index in [0.717, 1.165) is 29.4 Å². The number of nitrogens with zero attached hydrogens (tertiary/aromatic N) is 2. The van der Waals surface area contributed by atoms with Gasteiger partial charge in [0.15, 0.2) is 0 Å². The Balaban J connectivity index is 1.79. The molecule has 0 spiro atoms. The summed E-state index contributed by atoms with van der Waals surface area (Å²) in [5.74, 6) is 1.68. The largest absolute Gasteiger partial charge is 0.394 e. The first-order valence-electron chi connectivity index (χ1n) is 7.47. The Morgan fingerprint density at radius 1 is 1.43 bits per heavy atom. The van der Waals surface area contributed by atoms with Gasteiger partial charge in [-0.15, -0.1) is 11.3 Å². The molecule has 2 heterocycles. The minimum atomic E-state index is 0.0635. The monoisotopic (exact) mass is 307 g/mol. The molecule has 0 radical (unpaired) electrons. The van der Waals surface area contributed by atoms with Gasteiger partial charge >= 0.3 is 0 Å². The van der Waals surface area contributed by atoms with Gasteiger partial charge < -0.3 is 15.2 Å². The van der Waals surface area contributed by atoms with Crippen LogP contribution in [0.5, 0.6) is 0 Å². The minimum absolute atomic E-state index is 0.0635. The van der Waals surface area contributed by atoms with Gasteiger partial charge in [-0.05, 0) is 30.7 Å². The number of aromatic nitrogens is 2. The molecule has 0 bridgehead atoms. The molecule has 1 atom stereocenters. The summed E-state index contributed by atoms with van der Waals surface area (Å²) in [6.07, 6.45) is 5.16. The van der Waals surface area contributed by atoms with Crippen molar-refractivity contribution in [3.05, 3.63) is 16.8 Å². The van der Waals surface area contributed by atoms with Crippen LogP contribution in [0.3, 0.4) is 0 Å². The molecule has 0 saturated carbocycles. The van der Waals surface area contributed by atoms with Crippen LogP contribution in [-0.2, 0) is 17.6 Å². The molecule has 0 unspecified atom stereocenters. The maximum atomic E-state index is 8.69. The lowest BCUT2D eigenvalue weighted by atomic mass is 9.89. The van der Waals surface area contributed by atoms with Gasteiger partial charge in [-0.3, -0.25) is 0 Å². The Hall–Kier alpha value is -1.24. The molecule has 6 heteroatoms. The van der Waals surface area contributed by atoms with Crippen LogP contribution in [0.15, 0.2) is 6.33 Å². The first-order chi connectivity index (χ1) is 10.3. The van der Waals surface area contributed by atoms with Gasteiger partial charge in [-0.1, -0.05) is 6.92 Å². The molecule has 1 aliphatic rings. The van der Waals surface area contributed by atoms with Crippen LogP contribution in [0.2, 0.25) is 0 Å². The first kappa shape index (κ1) is 14.7. The summed E-state index contributed by atoms with van der Waals surface area (Å²) < 4.78 is 5.27. The van der Waals surface area contributed by atoms with Gasteiger partial charge in [-0.25, -0.2) is 9.97 Å². The Labute approximate surface area is 128 Å². The van der Waals surface area contributed by atoms with Crippen molar-refractivity contribution in [1.82, 2.24) is 9.97 Å². The number of aliphatic hydroxyl groups is 1. The summed E-state index contributed by atoms with van der Waals surface area (Å²) in [6, 6.07) is 0. The highest BCUT2D eigenvalue weighted by atomic mass is 32.1. The third-order valence-corrected chi connectivity index (χ3v) is 5.03. The Kier molecular flexibility index (Phi) is 4.67. The number of nitrogens with one attached hydrogen (secondary N) is 1. The number of hydrogen-bond acceptors (Lipinski definition) is 6. The summed E-state index contributed by atoms with van der Waals surface area (Å²) in [5, 5.41) is 13.2. The molecule has 0 aromatic carbocycles. The maximum absolute atomic E-state index is 8.69. The lowest BCUT2D eigenvalue weighted by Crippen LogP contribution is -2.13. The fraction of sp³-hybridized carbons (Fsp3) is 0.600. The summed E-state index contributed by atoms with van der Waals surface area (Å²) in [4.78, 5) is 11.4. The van der Waals surface area contributed by atoms with Crippen molar-refractivity contribution in [1.29, 1.82) is 0 Å². The van der Waals surface area contributed by atoms with E-state index in [1.807, 2.05) is 11.3 Å². The molecule has 2 aromatic rings. The zero-order chi connectivity index (χ0) is 14.7. The maximum Gasteiger partial charge on any atom is 0.138 e. The topological polar surface area (TPSA) is 67.3 Å². The molecule has 5 nitrogen and oxygen atoms in total. The second kappa shape index (κ2) is 6.68. The van der Waals surface area contributed by atoms with Crippen LogP contribution in [0.25, 0.3) is 10.2 Å². The van der Waals surface area contributed by atoms with E-state index in [4.69, 9.17) is 9.84 Å². The minimum Gasteiger partial charge on any atom is -0.394 e. The lowest BCUT2D eigenvalue weighted by Gasteiger charge is -2.18. The molecule has 0 amide bonds. The highest BCUT2D eigenvalue weighted by molar-refractivity contribution is 7.19. The third-order valence-electron chi connectivity index (χ3n) is 3.87. The van der Waals surface area contributed by atoms with Crippen molar-refractivity contribution in [2.45, 2.75) is 26.2 Å². The molecule has 2 N–H and O–H groups in total. The first-order valence-corrected chi connectivity index (χ1v) is 8.29. The van der Waals surface area contributed by atoms with E-state index >= 15 is 0 Å². The highest BCUT2D eigenvalue weighted by Gasteiger charge is 2.22. The van der Waals surface area contributed by atoms with E-state index in [0.29, 0.717) is 19.8 Å². The summed E-state index contributed by atoms with van der Waals surface area (Å²) in [7, 11) is 0.